The summed E-state index contributed by atoms with van der Waals surface area (Å²) in [5.74, 6) is -0.319. The summed E-state index contributed by atoms with van der Waals surface area (Å²) in [7, 11) is 0. The third-order valence-corrected chi connectivity index (χ3v) is 6.47. The molecule has 4 heterocycles. The highest BCUT2D eigenvalue weighted by molar-refractivity contribution is 6.36. The van der Waals surface area contributed by atoms with Crippen molar-refractivity contribution in [2.24, 2.45) is 5.92 Å². The van der Waals surface area contributed by atoms with Crippen molar-refractivity contribution < 1.29 is 23.5 Å². The number of likely N-dealkylation sites (tertiary alicyclic amines) is 1. The van der Waals surface area contributed by atoms with Gasteiger partial charge in [0.2, 0.25) is 0 Å². The Hall–Kier alpha value is -3.26. The van der Waals surface area contributed by atoms with E-state index < -0.39 is 5.82 Å². The number of hydrogen-bond donors (Lipinski definition) is 1. The van der Waals surface area contributed by atoms with E-state index >= 15 is 0 Å². The van der Waals surface area contributed by atoms with E-state index in [0.29, 0.717) is 29.2 Å². The van der Waals surface area contributed by atoms with Crippen LogP contribution in [0.4, 0.5) is 10.1 Å². The predicted octanol–water partition coefficient (Wildman–Crippen LogP) is 3.39. The Morgan fingerprint density at radius 1 is 1.24 bits per heavy atom. The summed E-state index contributed by atoms with van der Waals surface area (Å²) in [6.45, 7) is 5.16. The summed E-state index contributed by atoms with van der Waals surface area (Å²) < 4.78 is 24.8. The molecular formula is C25H26FN3O4. The smallest absolute Gasteiger partial charge is 0.309 e. The summed E-state index contributed by atoms with van der Waals surface area (Å²) in [4.78, 5) is 31.6. The van der Waals surface area contributed by atoms with E-state index in [4.69, 9.17) is 14.5 Å². The molecule has 3 aliphatic rings. The van der Waals surface area contributed by atoms with E-state index in [-0.39, 0.29) is 24.4 Å². The summed E-state index contributed by atoms with van der Waals surface area (Å²) >= 11 is 0. The maximum Gasteiger partial charge on any atom is 0.309 e. The van der Waals surface area contributed by atoms with Crippen LogP contribution in [0.25, 0.3) is 11.3 Å². The second-order valence-electron chi connectivity index (χ2n) is 8.55. The molecule has 1 saturated heterocycles. The van der Waals surface area contributed by atoms with Gasteiger partial charge in [-0.2, -0.15) is 0 Å². The summed E-state index contributed by atoms with van der Waals surface area (Å²) in [6, 6.07) is 8.12. The zero-order valence-electron chi connectivity index (χ0n) is 18.5. The number of piperidine rings is 1. The Bertz CT molecular complexity index is 1140. The number of hydrogen-bond acceptors (Lipinski definition) is 6. The van der Waals surface area contributed by atoms with Crippen molar-refractivity contribution in [3.63, 3.8) is 0 Å². The van der Waals surface area contributed by atoms with Gasteiger partial charge in [0.25, 0.3) is 5.91 Å². The van der Waals surface area contributed by atoms with Crippen LogP contribution in [-0.2, 0) is 32.1 Å². The van der Waals surface area contributed by atoms with Gasteiger partial charge in [0, 0.05) is 35.5 Å². The molecule has 1 N–H and O–H groups in total. The molecular weight excluding hydrogens is 425 g/mol. The highest BCUT2D eigenvalue weighted by Crippen LogP contribution is 2.41. The minimum atomic E-state index is -0.402. The van der Waals surface area contributed by atoms with Crippen LogP contribution >= 0.6 is 0 Å². The van der Waals surface area contributed by atoms with Gasteiger partial charge in [-0.1, -0.05) is 0 Å². The molecule has 0 aliphatic carbocycles. The van der Waals surface area contributed by atoms with Gasteiger partial charge >= 0.3 is 5.97 Å². The fourth-order valence-corrected chi connectivity index (χ4v) is 4.72. The van der Waals surface area contributed by atoms with E-state index in [2.05, 4.69) is 10.2 Å². The van der Waals surface area contributed by atoms with Gasteiger partial charge in [-0.05, 0) is 63.2 Å². The largest absolute Gasteiger partial charge is 0.486 e. The van der Waals surface area contributed by atoms with Gasteiger partial charge in [-0.3, -0.25) is 14.6 Å². The zero-order valence-corrected chi connectivity index (χ0v) is 18.5. The fourth-order valence-electron chi connectivity index (χ4n) is 4.72. The number of esters is 1. The van der Waals surface area contributed by atoms with E-state index in [0.717, 1.165) is 55.8 Å². The second-order valence-corrected chi connectivity index (χ2v) is 8.55. The lowest BCUT2D eigenvalue weighted by Gasteiger charge is -2.30. The average molecular weight is 451 g/mol. The highest BCUT2D eigenvalue weighted by atomic mass is 19.1. The minimum Gasteiger partial charge on any atom is -0.486 e. The van der Waals surface area contributed by atoms with Crippen LogP contribution in [-0.4, -0.2) is 48.0 Å². The number of anilines is 1. The minimum absolute atomic E-state index is 0.00863. The average Bonchev–Trinajstić information content (AvgIpc) is 3.37. The van der Waals surface area contributed by atoms with Crippen molar-refractivity contribution in [1.29, 1.82) is 0 Å². The van der Waals surface area contributed by atoms with Crippen molar-refractivity contribution in [3.05, 3.63) is 58.7 Å². The Balaban J connectivity index is 1.26. The molecule has 0 saturated carbocycles. The number of ether oxygens (including phenoxy) is 2. The van der Waals surface area contributed by atoms with E-state index in [9.17, 15) is 14.0 Å². The molecule has 1 amide bonds. The summed E-state index contributed by atoms with van der Waals surface area (Å²) in [6.07, 6.45) is 2.44. The SMILES string of the molecule is CCOC(=O)C1CCN(CCc2ccc3c(n2)CO/C3=C2\C(=O)Nc3ccc(F)cc32)CC1. The Labute approximate surface area is 191 Å². The molecule has 1 aromatic carbocycles. The number of rotatable bonds is 5. The number of aromatic nitrogens is 1. The van der Waals surface area contributed by atoms with Crippen molar-refractivity contribution >= 4 is 28.9 Å². The molecule has 7 nitrogen and oxygen atoms in total. The molecule has 1 aromatic heterocycles. The van der Waals surface area contributed by atoms with Crippen LogP contribution in [0.3, 0.4) is 0 Å². The summed E-state index contributed by atoms with van der Waals surface area (Å²) in [5, 5.41) is 2.77. The number of amides is 1. The lowest BCUT2D eigenvalue weighted by atomic mass is 9.97. The first-order chi connectivity index (χ1) is 16.0. The van der Waals surface area contributed by atoms with Gasteiger partial charge in [-0.15, -0.1) is 0 Å². The van der Waals surface area contributed by atoms with E-state index in [1.807, 2.05) is 19.1 Å². The number of fused-ring (bicyclic) bond motifs is 2. The van der Waals surface area contributed by atoms with Crippen LogP contribution in [0.15, 0.2) is 30.3 Å². The van der Waals surface area contributed by atoms with Gasteiger partial charge in [0.1, 0.15) is 18.2 Å². The monoisotopic (exact) mass is 451 g/mol. The van der Waals surface area contributed by atoms with Crippen LogP contribution < -0.4 is 5.32 Å². The molecule has 1 fully saturated rings. The third-order valence-electron chi connectivity index (χ3n) is 6.47. The zero-order chi connectivity index (χ0) is 22.9. The van der Waals surface area contributed by atoms with Crippen LogP contribution in [0, 0.1) is 11.7 Å². The molecule has 0 unspecified atom stereocenters. The van der Waals surface area contributed by atoms with Crippen LogP contribution in [0.1, 0.15) is 42.3 Å². The van der Waals surface area contributed by atoms with Crippen LogP contribution in [0.5, 0.6) is 0 Å². The number of halogens is 1. The van der Waals surface area contributed by atoms with Gasteiger partial charge < -0.3 is 19.7 Å². The molecule has 0 atom stereocenters. The van der Waals surface area contributed by atoms with Gasteiger partial charge in [0.05, 0.1) is 23.8 Å². The highest BCUT2D eigenvalue weighted by Gasteiger charge is 2.33. The second kappa shape index (κ2) is 8.94. The molecule has 33 heavy (non-hydrogen) atoms. The van der Waals surface area contributed by atoms with E-state index in [1.54, 1.807) is 6.07 Å². The van der Waals surface area contributed by atoms with Gasteiger partial charge in [-0.25, -0.2) is 4.39 Å². The van der Waals surface area contributed by atoms with Crippen molar-refractivity contribution in [1.82, 2.24) is 9.88 Å². The maximum atomic E-state index is 13.8. The summed E-state index contributed by atoms with van der Waals surface area (Å²) in [5.41, 5.74) is 3.96. The molecule has 5 rings (SSSR count). The van der Waals surface area contributed by atoms with Gasteiger partial charge in [0.15, 0.2) is 0 Å². The van der Waals surface area contributed by atoms with E-state index in [1.165, 1.54) is 12.1 Å². The Kier molecular flexibility index (Phi) is 5.85. The third kappa shape index (κ3) is 4.23. The molecule has 172 valence electrons. The number of pyridine rings is 1. The topological polar surface area (TPSA) is 80.8 Å². The number of carbonyl (C=O) groups excluding carboxylic acids is 2. The first kappa shape index (κ1) is 21.6. The molecule has 0 spiro atoms. The molecule has 0 bridgehead atoms. The first-order valence-electron chi connectivity index (χ1n) is 11.4. The standard InChI is InChI=1S/C25H26FN3O4/c1-2-32-25(31)15-7-10-29(11-8-15)12-9-17-4-5-18-21(27-17)14-33-23(18)22-19-13-16(26)3-6-20(19)28-24(22)30/h3-6,13,15H,2,7-12,14H2,1H3,(H,28,30)/b23-22-. The fraction of sp³-hybridized carbons (Fsp3) is 0.400. The number of benzene rings is 1. The molecule has 2 aromatic rings. The predicted molar refractivity (Wildman–Crippen MR) is 120 cm³/mol. The molecule has 3 aliphatic heterocycles. The molecule has 8 heteroatoms. The normalized spacial score (nSPS) is 20.2. The maximum absolute atomic E-state index is 13.8. The number of nitrogens with one attached hydrogen (secondary N) is 1. The van der Waals surface area contributed by atoms with Crippen molar-refractivity contribution in [2.45, 2.75) is 32.8 Å². The Morgan fingerprint density at radius 3 is 2.85 bits per heavy atom. The van der Waals surface area contributed by atoms with Crippen LogP contribution in [0.2, 0.25) is 0 Å². The number of nitrogens with zero attached hydrogens (tertiary/aromatic N) is 2. The van der Waals surface area contributed by atoms with Crippen molar-refractivity contribution in [3.8, 4) is 0 Å². The lowest BCUT2D eigenvalue weighted by Crippen LogP contribution is -2.38. The molecule has 0 radical (unpaired) electrons. The first-order valence-corrected chi connectivity index (χ1v) is 11.4. The lowest BCUT2D eigenvalue weighted by molar-refractivity contribution is -0.149. The Morgan fingerprint density at radius 2 is 2.06 bits per heavy atom. The quantitative estimate of drug-likeness (QED) is 0.555. The number of carbonyl (C=O) groups is 2. The van der Waals surface area contributed by atoms with Crippen molar-refractivity contribution in [2.75, 3.05) is 31.6 Å².